The molecule has 1 aromatic carbocycles. The van der Waals surface area contributed by atoms with Crippen LogP contribution in [0.3, 0.4) is 0 Å². The van der Waals surface area contributed by atoms with Gasteiger partial charge >= 0.3 is 0 Å². The number of benzene rings is 1. The van der Waals surface area contributed by atoms with Gasteiger partial charge in [0.25, 0.3) is 5.91 Å². The number of ether oxygens (including phenoxy) is 2. The summed E-state index contributed by atoms with van der Waals surface area (Å²) in [5, 5.41) is 2.84. The van der Waals surface area contributed by atoms with Gasteiger partial charge in [-0.1, -0.05) is 0 Å². The van der Waals surface area contributed by atoms with E-state index in [1.54, 1.807) is 37.2 Å². The Morgan fingerprint density at radius 3 is 2.76 bits per heavy atom. The molecule has 3 aromatic rings. The fraction of sp³-hybridized carbons (Fsp3) is 0.278. The van der Waals surface area contributed by atoms with Gasteiger partial charge in [0.2, 0.25) is 0 Å². The molecule has 0 spiro atoms. The van der Waals surface area contributed by atoms with E-state index in [0.717, 1.165) is 17.7 Å². The number of fused-ring (bicyclic) bond motifs is 1. The second-order valence-corrected chi connectivity index (χ2v) is 5.46. The molecule has 0 aliphatic rings. The van der Waals surface area contributed by atoms with Crippen molar-refractivity contribution in [3.63, 3.8) is 0 Å². The molecule has 0 radical (unpaired) electrons. The Morgan fingerprint density at radius 2 is 2.04 bits per heavy atom. The van der Waals surface area contributed by atoms with E-state index in [-0.39, 0.29) is 5.91 Å². The van der Waals surface area contributed by atoms with Crippen LogP contribution in [0.2, 0.25) is 0 Å². The molecule has 1 N–H and O–H groups in total. The van der Waals surface area contributed by atoms with Gasteiger partial charge in [-0.05, 0) is 30.7 Å². The van der Waals surface area contributed by atoms with Gasteiger partial charge in [0, 0.05) is 44.4 Å². The molecule has 1 amide bonds. The number of nitrogens with zero attached hydrogens (tertiary/aromatic N) is 3. The maximum Gasteiger partial charge on any atom is 0.271 e. The molecule has 2 aromatic heterocycles. The lowest BCUT2D eigenvalue weighted by Crippen LogP contribution is -2.25. The Balaban J connectivity index is 1.86. The lowest BCUT2D eigenvalue weighted by Gasteiger charge is -2.04. The van der Waals surface area contributed by atoms with Gasteiger partial charge in [0.15, 0.2) is 5.65 Å². The highest BCUT2D eigenvalue weighted by Crippen LogP contribution is 2.24. The number of methoxy groups -OCH3 is 2. The van der Waals surface area contributed by atoms with Crippen LogP contribution in [0.25, 0.3) is 16.9 Å². The predicted molar refractivity (Wildman–Crippen MR) is 93.8 cm³/mol. The molecule has 3 rings (SSSR count). The van der Waals surface area contributed by atoms with Crippen molar-refractivity contribution in [3.05, 3.63) is 48.5 Å². The summed E-state index contributed by atoms with van der Waals surface area (Å²) in [7, 11) is 3.26. The van der Waals surface area contributed by atoms with Crippen molar-refractivity contribution in [2.45, 2.75) is 6.42 Å². The highest BCUT2D eigenvalue weighted by molar-refractivity contribution is 5.93. The zero-order chi connectivity index (χ0) is 17.6. The van der Waals surface area contributed by atoms with Crippen molar-refractivity contribution < 1.29 is 14.3 Å². The van der Waals surface area contributed by atoms with Crippen molar-refractivity contribution in [1.29, 1.82) is 0 Å². The van der Waals surface area contributed by atoms with Crippen molar-refractivity contribution in [3.8, 4) is 17.0 Å². The molecule has 7 heteroatoms. The highest BCUT2D eigenvalue weighted by Gasteiger charge is 2.14. The van der Waals surface area contributed by atoms with Crippen LogP contribution >= 0.6 is 0 Å². The lowest BCUT2D eigenvalue weighted by atomic mass is 10.1. The van der Waals surface area contributed by atoms with E-state index in [1.165, 1.54) is 0 Å². The third kappa shape index (κ3) is 3.77. The van der Waals surface area contributed by atoms with E-state index in [1.807, 2.05) is 24.3 Å². The number of hydrogen-bond donors (Lipinski definition) is 1. The van der Waals surface area contributed by atoms with Gasteiger partial charge in [-0.2, -0.15) is 0 Å². The fourth-order valence-electron chi connectivity index (χ4n) is 2.49. The summed E-state index contributed by atoms with van der Waals surface area (Å²) in [6.07, 6.45) is 5.93. The second-order valence-electron chi connectivity index (χ2n) is 5.46. The maximum absolute atomic E-state index is 12.2. The summed E-state index contributed by atoms with van der Waals surface area (Å²) >= 11 is 0. The molecule has 0 bridgehead atoms. The molecule has 0 saturated carbocycles. The van der Waals surface area contributed by atoms with Gasteiger partial charge in [0.05, 0.1) is 7.11 Å². The third-order valence-electron chi connectivity index (χ3n) is 3.78. The van der Waals surface area contributed by atoms with E-state index >= 15 is 0 Å². The van der Waals surface area contributed by atoms with Gasteiger partial charge in [0.1, 0.15) is 17.1 Å². The smallest absolute Gasteiger partial charge is 0.271 e. The number of carbonyl (C=O) groups excluding carboxylic acids is 1. The first-order valence-electron chi connectivity index (χ1n) is 7.98. The van der Waals surface area contributed by atoms with Gasteiger partial charge in [-0.3, -0.25) is 9.78 Å². The summed E-state index contributed by atoms with van der Waals surface area (Å²) in [6, 6.07) is 7.57. The van der Waals surface area contributed by atoms with Crippen LogP contribution in [-0.2, 0) is 4.74 Å². The molecule has 0 saturated heterocycles. The fourth-order valence-corrected chi connectivity index (χ4v) is 2.49. The molecular formula is C18H20N4O3. The summed E-state index contributed by atoms with van der Waals surface area (Å²) in [6.45, 7) is 1.15. The second kappa shape index (κ2) is 7.76. The number of rotatable bonds is 7. The van der Waals surface area contributed by atoms with E-state index < -0.39 is 0 Å². The van der Waals surface area contributed by atoms with Gasteiger partial charge in [-0.15, -0.1) is 0 Å². The maximum atomic E-state index is 12.2. The number of nitrogens with one attached hydrogen (secondary N) is 1. The molecular weight excluding hydrogens is 320 g/mol. The summed E-state index contributed by atoms with van der Waals surface area (Å²) < 4.78 is 12.0. The summed E-state index contributed by atoms with van der Waals surface area (Å²) in [4.78, 5) is 21.1. The molecule has 7 nitrogen and oxygen atoms in total. The molecule has 130 valence electrons. The van der Waals surface area contributed by atoms with Gasteiger partial charge < -0.3 is 19.2 Å². The molecule has 2 heterocycles. The van der Waals surface area contributed by atoms with Crippen LogP contribution in [0.4, 0.5) is 0 Å². The Morgan fingerprint density at radius 1 is 1.24 bits per heavy atom. The first kappa shape index (κ1) is 16.9. The largest absolute Gasteiger partial charge is 0.497 e. The van der Waals surface area contributed by atoms with Crippen molar-refractivity contribution in [2.75, 3.05) is 27.4 Å². The highest BCUT2D eigenvalue weighted by atomic mass is 16.5. The quantitative estimate of drug-likeness (QED) is 0.667. The first-order chi connectivity index (χ1) is 12.2. The average molecular weight is 340 g/mol. The third-order valence-corrected chi connectivity index (χ3v) is 3.78. The van der Waals surface area contributed by atoms with E-state index in [9.17, 15) is 4.79 Å². The Kier molecular flexibility index (Phi) is 5.25. The molecule has 0 aliphatic heterocycles. The van der Waals surface area contributed by atoms with E-state index in [0.29, 0.717) is 30.2 Å². The Bertz CT molecular complexity index is 858. The topological polar surface area (TPSA) is 77.8 Å². The summed E-state index contributed by atoms with van der Waals surface area (Å²) in [5.74, 6) is 0.565. The minimum atomic E-state index is -0.208. The first-order valence-corrected chi connectivity index (χ1v) is 7.98. The van der Waals surface area contributed by atoms with Crippen LogP contribution < -0.4 is 10.1 Å². The van der Waals surface area contributed by atoms with Crippen LogP contribution in [0.1, 0.15) is 16.9 Å². The minimum absolute atomic E-state index is 0.208. The van der Waals surface area contributed by atoms with Crippen LogP contribution in [0.5, 0.6) is 5.75 Å². The Labute approximate surface area is 145 Å². The number of hydrogen-bond acceptors (Lipinski definition) is 5. The van der Waals surface area contributed by atoms with E-state index in [4.69, 9.17) is 9.47 Å². The average Bonchev–Trinajstić information content (AvgIpc) is 3.09. The summed E-state index contributed by atoms with van der Waals surface area (Å²) in [5.41, 5.74) is 2.61. The lowest BCUT2D eigenvalue weighted by molar-refractivity contribution is 0.0944. The predicted octanol–water partition coefficient (Wildman–Crippen LogP) is 2.17. The molecule has 0 aliphatic carbocycles. The number of aromatic nitrogens is 3. The van der Waals surface area contributed by atoms with E-state index in [2.05, 4.69) is 15.3 Å². The van der Waals surface area contributed by atoms with Gasteiger partial charge in [-0.25, -0.2) is 4.98 Å². The van der Waals surface area contributed by atoms with Crippen LogP contribution in [0.15, 0.2) is 42.9 Å². The SMILES string of the molecule is COCCCNC(=O)c1cn2ccnc(-c3ccc(OC)cc3)c2n1. The van der Waals surface area contributed by atoms with Crippen molar-refractivity contribution >= 4 is 11.6 Å². The zero-order valence-electron chi connectivity index (χ0n) is 14.2. The molecule has 0 atom stereocenters. The molecule has 25 heavy (non-hydrogen) atoms. The number of carbonyl (C=O) groups is 1. The number of imidazole rings is 1. The monoisotopic (exact) mass is 340 g/mol. The van der Waals surface area contributed by atoms with Crippen molar-refractivity contribution in [1.82, 2.24) is 19.7 Å². The molecule has 0 fully saturated rings. The molecule has 0 unspecified atom stereocenters. The van der Waals surface area contributed by atoms with Crippen LogP contribution in [-0.4, -0.2) is 47.6 Å². The Hall–Kier alpha value is -2.93. The number of amides is 1. The normalized spacial score (nSPS) is 10.8. The minimum Gasteiger partial charge on any atom is -0.497 e. The van der Waals surface area contributed by atoms with Crippen molar-refractivity contribution in [2.24, 2.45) is 0 Å². The van der Waals surface area contributed by atoms with Crippen LogP contribution in [0, 0.1) is 0 Å². The zero-order valence-corrected chi connectivity index (χ0v) is 14.2. The standard InChI is InChI=1S/C18H20N4O3/c1-24-11-3-8-20-18(23)15-12-22-10-9-19-16(17(22)21-15)13-4-6-14(25-2)7-5-13/h4-7,9-10,12H,3,8,11H2,1-2H3,(H,20,23).